The van der Waals surface area contributed by atoms with E-state index in [2.05, 4.69) is 58.8 Å². The molecule has 2 heterocycles. The number of aliphatic carboxylic acids is 1. The van der Waals surface area contributed by atoms with E-state index >= 15 is 0 Å². The van der Waals surface area contributed by atoms with Gasteiger partial charge in [0.15, 0.2) is 0 Å². The summed E-state index contributed by atoms with van der Waals surface area (Å²) in [7, 11) is 0. The normalized spacial score (nSPS) is 11.8. The number of carbonyl (C=O) groups is 1. The van der Waals surface area contributed by atoms with Gasteiger partial charge in [-0.05, 0) is 44.5 Å². The van der Waals surface area contributed by atoms with Crippen LogP contribution >= 0.6 is 0 Å². The first-order valence-corrected chi connectivity index (χ1v) is 9.66. The lowest BCUT2D eigenvalue weighted by atomic mass is 10.2. The number of rotatable bonds is 10. The first-order valence-electron chi connectivity index (χ1n) is 9.66. The van der Waals surface area contributed by atoms with Crippen LogP contribution in [-0.2, 0) is 17.9 Å². The Morgan fingerprint density at radius 1 is 1.15 bits per heavy atom. The fourth-order valence-electron chi connectivity index (χ4n) is 3.76. The van der Waals surface area contributed by atoms with Crippen LogP contribution in [0, 0.1) is 0 Å². The zero-order chi connectivity index (χ0) is 18.5. The summed E-state index contributed by atoms with van der Waals surface area (Å²) in [6.07, 6.45) is 5.24. The summed E-state index contributed by atoms with van der Waals surface area (Å²) in [5.74, 6) is -0.735. The Bertz CT molecular complexity index is 872. The van der Waals surface area contributed by atoms with Gasteiger partial charge in [0.05, 0.1) is 11.0 Å². The largest absolute Gasteiger partial charge is 0.481 e. The van der Waals surface area contributed by atoms with Crippen LogP contribution in [0.4, 0.5) is 0 Å². The second-order valence-corrected chi connectivity index (χ2v) is 7.04. The number of hydrogen-bond donors (Lipinski definition) is 2. The highest BCUT2D eigenvalue weighted by Gasteiger charge is 2.11. The van der Waals surface area contributed by atoms with Gasteiger partial charge < -0.3 is 14.7 Å². The molecule has 0 spiro atoms. The summed E-state index contributed by atoms with van der Waals surface area (Å²) in [4.78, 5) is 16.9. The number of carboxylic acids is 1. The Balaban J connectivity index is 1.89. The molecule has 2 N–H and O–H groups in total. The zero-order valence-electron chi connectivity index (χ0n) is 15.8. The molecule has 0 bridgehead atoms. The molecule has 0 saturated carbocycles. The maximum atomic E-state index is 10.8. The van der Waals surface area contributed by atoms with Gasteiger partial charge in [-0.1, -0.05) is 26.0 Å². The molecule has 0 aliphatic rings. The highest BCUT2D eigenvalue weighted by atomic mass is 16.4. The van der Waals surface area contributed by atoms with Crippen LogP contribution in [0.25, 0.3) is 21.8 Å². The van der Waals surface area contributed by atoms with Crippen molar-refractivity contribution in [3.8, 4) is 0 Å². The number of fused-ring (bicyclic) bond motifs is 3. The maximum Gasteiger partial charge on any atom is 0.303 e. The first-order chi connectivity index (χ1) is 12.6. The Labute approximate surface area is 154 Å². The molecule has 0 radical (unpaired) electrons. The number of H-pyrrole nitrogens is 1. The second kappa shape index (κ2) is 8.41. The molecule has 140 valence electrons. The number of aromatic nitrogens is 2. The summed E-state index contributed by atoms with van der Waals surface area (Å²) >= 11 is 0. The lowest BCUT2D eigenvalue weighted by Crippen LogP contribution is -2.25. The number of aromatic amines is 1. The summed E-state index contributed by atoms with van der Waals surface area (Å²) in [6, 6.07) is 8.68. The third-order valence-corrected chi connectivity index (χ3v) is 4.84. The van der Waals surface area contributed by atoms with Crippen LogP contribution in [-0.4, -0.2) is 38.6 Å². The molecular formula is C21H29N3O2. The third kappa shape index (κ3) is 4.10. The molecule has 0 atom stereocenters. The molecule has 0 amide bonds. The topological polar surface area (TPSA) is 61.3 Å². The monoisotopic (exact) mass is 355 g/mol. The van der Waals surface area contributed by atoms with Gasteiger partial charge in [-0.15, -0.1) is 0 Å². The van der Waals surface area contributed by atoms with E-state index in [1.165, 1.54) is 22.0 Å². The van der Waals surface area contributed by atoms with E-state index in [9.17, 15) is 4.79 Å². The second-order valence-electron chi connectivity index (χ2n) is 7.04. The molecule has 0 unspecified atom stereocenters. The van der Waals surface area contributed by atoms with E-state index in [0.717, 1.165) is 44.5 Å². The Kier molecular flexibility index (Phi) is 5.99. The van der Waals surface area contributed by atoms with E-state index in [0.29, 0.717) is 6.42 Å². The predicted octanol–water partition coefficient (Wildman–Crippen LogP) is 4.61. The van der Waals surface area contributed by atoms with E-state index in [4.69, 9.17) is 5.11 Å². The van der Waals surface area contributed by atoms with Crippen LogP contribution in [0.1, 0.15) is 45.2 Å². The SMILES string of the molecule is CCCN(CCC)Cc1cc2ccc3ccn(CCCC(=O)O)c3c2[nH]1. The summed E-state index contributed by atoms with van der Waals surface area (Å²) in [5.41, 5.74) is 3.58. The number of carboxylic acid groups (broad SMARTS) is 1. The lowest BCUT2D eigenvalue weighted by molar-refractivity contribution is -0.137. The molecule has 0 aliphatic heterocycles. The first kappa shape index (κ1) is 18.5. The fraction of sp³-hybridized carbons (Fsp3) is 0.476. The minimum Gasteiger partial charge on any atom is -0.481 e. The molecule has 3 aromatic rings. The third-order valence-electron chi connectivity index (χ3n) is 4.84. The number of hydrogen-bond acceptors (Lipinski definition) is 2. The van der Waals surface area contributed by atoms with Gasteiger partial charge in [0.25, 0.3) is 0 Å². The van der Waals surface area contributed by atoms with E-state index in [-0.39, 0.29) is 6.42 Å². The van der Waals surface area contributed by atoms with Crippen LogP contribution < -0.4 is 0 Å². The smallest absolute Gasteiger partial charge is 0.303 e. The zero-order valence-corrected chi connectivity index (χ0v) is 15.8. The van der Waals surface area contributed by atoms with Crippen molar-refractivity contribution >= 4 is 27.8 Å². The minimum absolute atomic E-state index is 0.203. The molecule has 26 heavy (non-hydrogen) atoms. The van der Waals surface area contributed by atoms with Gasteiger partial charge in [0, 0.05) is 42.2 Å². The van der Waals surface area contributed by atoms with E-state index in [1.54, 1.807) is 0 Å². The quantitative estimate of drug-likeness (QED) is 0.558. The summed E-state index contributed by atoms with van der Waals surface area (Å²) in [5, 5.41) is 11.3. The van der Waals surface area contributed by atoms with E-state index in [1.807, 2.05) is 0 Å². The number of aryl methyl sites for hydroxylation is 1. The van der Waals surface area contributed by atoms with Crippen molar-refractivity contribution in [2.24, 2.45) is 0 Å². The van der Waals surface area contributed by atoms with Gasteiger partial charge in [-0.3, -0.25) is 9.69 Å². The Morgan fingerprint density at radius 2 is 1.88 bits per heavy atom. The maximum absolute atomic E-state index is 10.8. The van der Waals surface area contributed by atoms with Crippen LogP contribution in [0.3, 0.4) is 0 Å². The minimum atomic E-state index is -0.735. The average molecular weight is 355 g/mol. The van der Waals surface area contributed by atoms with Crippen molar-refractivity contribution in [1.29, 1.82) is 0 Å². The highest BCUT2D eigenvalue weighted by Crippen LogP contribution is 2.27. The van der Waals surface area contributed by atoms with Crippen LogP contribution in [0.5, 0.6) is 0 Å². The Hall–Kier alpha value is -2.27. The predicted molar refractivity (Wildman–Crippen MR) is 107 cm³/mol. The van der Waals surface area contributed by atoms with Gasteiger partial charge in [-0.25, -0.2) is 0 Å². The van der Waals surface area contributed by atoms with Crippen LogP contribution in [0.2, 0.25) is 0 Å². The molecule has 0 fully saturated rings. The van der Waals surface area contributed by atoms with Crippen molar-refractivity contribution in [1.82, 2.24) is 14.5 Å². The number of benzene rings is 1. The molecule has 2 aromatic heterocycles. The van der Waals surface area contributed by atoms with Crippen LogP contribution in [0.15, 0.2) is 30.5 Å². The van der Waals surface area contributed by atoms with Gasteiger partial charge in [0.1, 0.15) is 0 Å². The Morgan fingerprint density at radius 3 is 2.58 bits per heavy atom. The van der Waals surface area contributed by atoms with Gasteiger partial charge in [-0.2, -0.15) is 0 Å². The summed E-state index contributed by atoms with van der Waals surface area (Å²) < 4.78 is 2.18. The molecule has 5 nitrogen and oxygen atoms in total. The molecular weight excluding hydrogens is 326 g/mol. The molecule has 0 saturated heterocycles. The van der Waals surface area contributed by atoms with Crippen molar-refractivity contribution in [2.75, 3.05) is 13.1 Å². The molecule has 3 rings (SSSR count). The number of nitrogens with zero attached hydrogens (tertiary/aromatic N) is 2. The van der Waals surface area contributed by atoms with Crippen molar-refractivity contribution in [3.05, 3.63) is 36.2 Å². The van der Waals surface area contributed by atoms with Crippen molar-refractivity contribution in [2.45, 2.75) is 52.6 Å². The van der Waals surface area contributed by atoms with Gasteiger partial charge >= 0.3 is 5.97 Å². The lowest BCUT2D eigenvalue weighted by Gasteiger charge is -2.19. The molecule has 5 heteroatoms. The molecule has 1 aromatic carbocycles. The van der Waals surface area contributed by atoms with Crippen molar-refractivity contribution < 1.29 is 9.90 Å². The highest BCUT2D eigenvalue weighted by molar-refractivity contribution is 6.04. The average Bonchev–Trinajstić information content (AvgIpc) is 3.18. The number of nitrogens with one attached hydrogen (secondary N) is 1. The van der Waals surface area contributed by atoms with E-state index < -0.39 is 5.97 Å². The fourth-order valence-corrected chi connectivity index (χ4v) is 3.76. The summed E-state index contributed by atoms with van der Waals surface area (Å²) in [6.45, 7) is 8.34. The standard InChI is InChI=1S/C21H29N3O2/c1-3-10-23(11-4-2)15-18-14-17-8-7-16-9-13-24(12-5-6-19(25)26)21(16)20(17)22-18/h7-9,13-14,22H,3-6,10-12,15H2,1-2H3,(H,25,26). The molecule has 0 aliphatic carbocycles. The van der Waals surface area contributed by atoms with Gasteiger partial charge in [0.2, 0.25) is 0 Å². The van der Waals surface area contributed by atoms with Crippen molar-refractivity contribution in [3.63, 3.8) is 0 Å².